The maximum absolute atomic E-state index is 4.36. The van der Waals surface area contributed by atoms with Crippen LogP contribution in [0, 0.1) is 20.8 Å². The molecule has 0 heterocycles. The Kier molecular flexibility index (Phi) is 3.65. The summed E-state index contributed by atoms with van der Waals surface area (Å²) in [5.41, 5.74) is 5.62. The Balaban J connectivity index is 3.27. The van der Waals surface area contributed by atoms with Crippen LogP contribution in [0.15, 0.2) is 35.4 Å². The second-order valence-electron chi connectivity index (χ2n) is 3.86. The normalized spacial score (nSPS) is 9.33. The van der Waals surface area contributed by atoms with Gasteiger partial charge in [-0.05, 0) is 44.7 Å². The summed E-state index contributed by atoms with van der Waals surface area (Å²) in [7, 11) is 0. The SMILES string of the molecule is C=CC(C)=C=Nc1c(C)cc(C)cc1C. The molecule has 0 N–H and O–H groups in total. The van der Waals surface area contributed by atoms with Crippen molar-refractivity contribution in [2.45, 2.75) is 27.7 Å². The van der Waals surface area contributed by atoms with E-state index in [2.05, 4.69) is 50.3 Å². The van der Waals surface area contributed by atoms with E-state index in [0.29, 0.717) is 0 Å². The predicted octanol–water partition coefficient (Wildman–Crippen LogP) is 4.05. The molecule has 0 aromatic heterocycles. The molecule has 0 fully saturated rings. The summed E-state index contributed by atoms with van der Waals surface area (Å²) >= 11 is 0. The molecule has 1 rings (SSSR count). The molecule has 1 aromatic carbocycles. The van der Waals surface area contributed by atoms with Crippen LogP contribution in [0.5, 0.6) is 0 Å². The smallest absolute Gasteiger partial charge is 0.0788 e. The van der Waals surface area contributed by atoms with Gasteiger partial charge in [-0.3, -0.25) is 0 Å². The van der Waals surface area contributed by atoms with Crippen LogP contribution in [0.3, 0.4) is 0 Å². The number of hydrogen-bond acceptors (Lipinski definition) is 1. The average Bonchev–Trinajstić information content (AvgIpc) is 2.15. The van der Waals surface area contributed by atoms with Gasteiger partial charge in [0.2, 0.25) is 0 Å². The van der Waals surface area contributed by atoms with Crippen LogP contribution < -0.4 is 0 Å². The van der Waals surface area contributed by atoms with Gasteiger partial charge >= 0.3 is 0 Å². The zero-order chi connectivity index (χ0) is 11.4. The summed E-state index contributed by atoms with van der Waals surface area (Å²) in [4.78, 5) is 4.36. The second kappa shape index (κ2) is 4.77. The summed E-state index contributed by atoms with van der Waals surface area (Å²) in [6.45, 7) is 11.9. The van der Waals surface area contributed by atoms with Crippen molar-refractivity contribution in [3.63, 3.8) is 0 Å². The monoisotopic (exact) mass is 199 g/mol. The summed E-state index contributed by atoms with van der Waals surface area (Å²) in [5.74, 6) is 2.97. The molecule has 1 heteroatoms. The quantitative estimate of drug-likeness (QED) is 0.503. The molecule has 0 radical (unpaired) electrons. The summed E-state index contributed by atoms with van der Waals surface area (Å²) in [5, 5.41) is 0. The highest BCUT2D eigenvalue weighted by Crippen LogP contribution is 2.24. The van der Waals surface area contributed by atoms with E-state index in [4.69, 9.17) is 0 Å². The highest BCUT2D eigenvalue weighted by molar-refractivity contribution is 5.68. The first-order valence-electron chi connectivity index (χ1n) is 5.05. The molecule has 0 saturated carbocycles. The maximum Gasteiger partial charge on any atom is 0.0788 e. The number of benzene rings is 1. The number of hydrogen-bond donors (Lipinski definition) is 0. The lowest BCUT2D eigenvalue weighted by molar-refractivity contribution is 1.29. The fourth-order valence-electron chi connectivity index (χ4n) is 1.54. The molecule has 0 unspecified atom stereocenters. The summed E-state index contributed by atoms with van der Waals surface area (Å²) in [6, 6.07) is 4.27. The lowest BCUT2D eigenvalue weighted by Gasteiger charge is -2.04. The Morgan fingerprint density at radius 1 is 1.27 bits per heavy atom. The molecule has 0 saturated heterocycles. The minimum Gasteiger partial charge on any atom is -0.205 e. The van der Waals surface area contributed by atoms with Crippen LogP contribution in [0.1, 0.15) is 23.6 Å². The van der Waals surface area contributed by atoms with Gasteiger partial charge in [-0.25, -0.2) is 4.99 Å². The Morgan fingerprint density at radius 3 is 2.27 bits per heavy atom. The van der Waals surface area contributed by atoms with Crippen molar-refractivity contribution in [3.8, 4) is 0 Å². The molecule has 0 atom stereocenters. The standard InChI is InChI=1S/C14H17N/c1-6-10(2)9-15-14-12(4)7-11(3)8-13(14)5/h6-8H,1H2,2-5H3. The Hall–Kier alpha value is -1.59. The number of aliphatic imine (C=N–C) groups is 1. The van der Waals surface area contributed by atoms with Gasteiger partial charge in [0.25, 0.3) is 0 Å². The molecule has 0 aliphatic carbocycles. The van der Waals surface area contributed by atoms with Crippen LogP contribution >= 0.6 is 0 Å². The van der Waals surface area contributed by atoms with Crippen molar-refractivity contribution >= 4 is 11.6 Å². The second-order valence-corrected chi connectivity index (χ2v) is 3.86. The molecule has 78 valence electrons. The lowest BCUT2D eigenvalue weighted by Crippen LogP contribution is -1.83. The van der Waals surface area contributed by atoms with Crippen molar-refractivity contribution in [2.75, 3.05) is 0 Å². The van der Waals surface area contributed by atoms with Crippen LogP contribution in [0.2, 0.25) is 0 Å². The lowest BCUT2D eigenvalue weighted by atomic mass is 10.1. The van der Waals surface area contributed by atoms with E-state index in [9.17, 15) is 0 Å². The number of nitrogens with zero attached hydrogens (tertiary/aromatic N) is 1. The fraction of sp³-hybridized carbons (Fsp3) is 0.286. The van der Waals surface area contributed by atoms with E-state index in [-0.39, 0.29) is 0 Å². The van der Waals surface area contributed by atoms with E-state index in [1.54, 1.807) is 6.08 Å². The van der Waals surface area contributed by atoms with E-state index in [0.717, 1.165) is 11.3 Å². The van der Waals surface area contributed by atoms with Gasteiger partial charge in [-0.1, -0.05) is 30.4 Å². The minimum atomic E-state index is 0.953. The van der Waals surface area contributed by atoms with Crippen LogP contribution in [0.4, 0.5) is 5.69 Å². The predicted molar refractivity (Wildman–Crippen MR) is 67.1 cm³/mol. The number of allylic oxidation sites excluding steroid dienone is 2. The summed E-state index contributed by atoms with van der Waals surface area (Å²) < 4.78 is 0. The molecule has 1 aromatic rings. The van der Waals surface area contributed by atoms with Crippen LogP contribution in [-0.4, -0.2) is 5.87 Å². The first-order valence-corrected chi connectivity index (χ1v) is 5.05. The zero-order valence-electron chi connectivity index (χ0n) is 9.89. The Morgan fingerprint density at radius 2 is 1.80 bits per heavy atom. The minimum absolute atomic E-state index is 0.953. The Labute approximate surface area is 91.9 Å². The molecule has 1 nitrogen and oxygen atoms in total. The van der Waals surface area contributed by atoms with Gasteiger partial charge in [-0.2, -0.15) is 0 Å². The average molecular weight is 199 g/mol. The van der Waals surface area contributed by atoms with E-state index in [1.165, 1.54) is 16.7 Å². The molecule has 0 aliphatic heterocycles. The van der Waals surface area contributed by atoms with Gasteiger partial charge in [-0.15, -0.1) is 0 Å². The van der Waals surface area contributed by atoms with Crippen molar-refractivity contribution < 1.29 is 0 Å². The van der Waals surface area contributed by atoms with Crippen molar-refractivity contribution in [3.05, 3.63) is 47.1 Å². The van der Waals surface area contributed by atoms with Crippen LogP contribution in [-0.2, 0) is 0 Å². The molecule has 15 heavy (non-hydrogen) atoms. The summed E-state index contributed by atoms with van der Waals surface area (Å²) in [6.07, 6.45) is 1.75. The van der Waals surface area contributed by atoms with Gasteiger partial charge in [0.15, 0.2) is 0 Å². The van der Waals surface area contributed by atoms with Gasteiger partial charge < -0.3 is 0 Å². The fourth-order valence-corrected chi connectivity index (χ4v) is 1.54. The number of aryl methyl sites for hydroxylation is 3. The molecular formula is C14H17N. The topological polar surface area (TPSA) is 12.4 Å². The Bertz CT molecular complexity index is 423. The third kappa shape index (κ3) is 2.93. The highest BCUT2D eigenvalue weighted by Gasteiger charge is 2.00. The van der Waals surface area contributed by atoms with Crippen molar-refractivity contribution in [2.24, 2.45) is 4.99 Å². The van der Waals surface area contributed by atoms with Gasteiger partial charge in [0.05, 0.1) is 5.69 Å². The number of rotatable bonds is 2. The molecule has 0 spiro atoms. The largest absolute Gasteiger partial charge is 0.205 e. The highest BCUT2D eigenvalue weighted by atomic mass is 14.7. The van der Waals surface area contributed by atoms with E-state index in [1.807, 2.05) is 6.92 Å². The van der Waals surface area contributed by atoms with E-state index < -0.39 is 0 Å². The third-order valence-corrected chi connectivity index (χ3v) is 2.29. The molecular weight excluding hydrogens is 182 g/mol. The third-order valence-electron chi connectivity index (χ3n) is 2.29. The van der Waals surface area contributed by atoms with E-state index >= 15 is 0 Å². The van der Waals surface area contributed by atoms with Crippen molar-refractivity contribution in [1.29, 1.82) is 0 Å². The first kappa shape index (κ1) is 11.5. The molecule has 0 aliphatic rings. The first-order chi connectivity index (χ1) is 7.04. The van der Waals surface area contributed by atoms with Gasteiger partial charge in [0, 0.05) is 5.57 Å². The molecule has 0 bridgehead atoms. The maximum atomic E-state index is 4.36. The van der Waals surface area contributed by atoms with Gasteiger partial charge in [0.1, 0.15) is 0 Å². The van der Waals surface area contributed by atoms with Crippen molar-refractivity contribution in [1.82, 2.24) is 0 Å². The molecule has 0 amide bonds. The zero-order valence-corrected chi connectivity index (χ0v) is 9.89. The van der Waals surface area contributed by atoms with Crippen LogP contribution in [0.25, 0.3) is 0 Å².